The summed E-state index contributed by atoms with van der Waals surface area (Å²) in [6, 6.07) is 7.91. The number of likely N-dealkylation sites (N-methyl/N-ethyl adjacent to an activating group) is 1. The standard InChI is InChI=1S/C14H22ClN3/c1-17-8-4-9-18(12-11-17)10-7-16-14-6-3-2-5-13(14)15/h2-3,5-6,16H,4,7-12H2,1H3. The van der Waals surface area contributed by atoms with Crippen LogP contribution in [0.5, 0.6) is 0 Å². The topological polar surface area (TPSA) is 18.5 Å². The molecule has 100 valence electrons. The Balaban J connectivity index is 1.73. The van der Waals surface area contributed by atoms with Crippen LogP contribution in [0, 0.1) is 0 Å². The van der Waals surface area contributed by atoms with Crippen LogP contribution in [-0.4, -0.2) is 56.1 Å². The average molecular weight is 268 g/mol. The second-order valence-electron chi connectivity index (χ2n) is 4.91. The average Bonchev–Trinajstić information content (AvgIpc) is 2.57. The van der Waals surface area contributed by atoms with Crippen molar-refractivity contribution in [3.8, 4) is 0 Å². The highest BCUT2D eigenvalue weighted by Crippen LogP contribution is 2.19. The summed E-state index contributed by atoms with van der Waals surface area (Å²) in [5, 5.41) is 4.20. The van der Waals surface area contributed by atoms with Crippen LogP contribution < -0.4 is 5.32 Å². The van der Waals surface area contributed by atoms with Gasteiger partial charge in [0.25, 0.3) is 0 Å². The van der Waals surface area contributed by atoms with Gasteiger partial charge in [-0.25, -0.2) is 0 Å². The van der Waals surface area contributed by atoms with Gasteiger partial charge in [-0.15, -0.1) is 0 Å². The minimum absolute atomic E-state index is 0.799. The maximum absolute atomic E-state index is 6.11. The summed E-state index contributed by atoms with van der Waals surface area (Å²) in [5.74, 6) is 0. The van der Waals surface area contributed by atoms with E-state index >= 15 is 0 Å². The maximum Gasteiger partial charge on any atom is 0.0637 e. The number of rotatable bonds is 4. The summed E-state index contributed by atoms with van der Waals surface area (Å²) in [6.45, 7) is 6.79. The van der Waals surface area contributed by atoms with E-state index in [4.69, 9.17) is 11.6 Å². The summed E-state index contributed by atoms with van der Waals surface area (Å²) in [6.07, 6.45) is 1.27. The zero-order valence-electron chi connectivity index (χ0n) is 11.0. The Morgan fingerprint density at radius 3 is 2.83 bits per heavy atom. The molecule has 4 heteroatoms. The Bertz CT molecular complexity index is 370. The van der Waals surface area contributed by atoms with Crippen LogP contribution >= 0.6 is 11.6 Å². The number of para-hydroxylation sites is 1. The highest BCUT2D eigenvalue weighted by molar-refractivity contribution is 6.33. The third-order valence-electron chi connectivity index (χ3n) is 3.43. The lowest BCUT2D eigenvalue weighted by molar-refractivity contribution is 0.285. The van der Waals surface area contributed by atoms with Gasteiger partial charge in [0.05, 0.1) is 10.7 Å². The normalized spacial score (nSPS) is 18.6. The van der Waals surface area contributed by atoms with Crippen LogP contribution in [0.3, 0.4) is 0 Å². The van der Waals surface area contributed by atoms with E-state index < -0.39 is 0 Å². The third kappa shape index (κ3) is 4.16. The lowest BCUT2D eigenvalue weighted by Gasteiger charge is -2.20. The zero-order valence-corrected chi connectivity index (χ0v) is 11.8. The molecule has 1 N–H and O–H groups in total. The predicted octanol–water partition coefficient (Wildman–Crippen LogP) is 2.39. The van der Waals surface area contributed by atoms with E-state index in [0.29, 0.717) is 0 Å². The van der Waals surface area contributed by atoms with Crippen LogP contribution in [0.1, 0.15) is 6.42 Å². The molecule has 2 rings (SSSR count). The van der Waals surface area contributed by atoms with E-state index in [1.807, 2.05) is 24.3 Å². The van der Waals surface area contributed by atoms with E-state index in [0.717, 1.165) is 23.8 Å². The highest BCUT2D eigenvalue weighted by atomic mass is 35.5. The van der Waals surface area contributed by atoms with Crippen LogP contribution in [0.25, 0.3) is 0 Å². The summed E-state index contributed by atoms with van der Waals surface area (Å²) in [5.41, 5.74) is 1.03. The van der Waals surface area contributed by atoms with Gasteiger partial charge in [0.2, 0.25) is 0 Å². The van der Waals surface area contributed by atoms with E-state index in [1.54, 1.807) is 0 Å². The molecule has 0 aliphatic carbocycles. The molecule has 1 aliphatic heterocycles. The van der Waals surface area contributed by atoms with Gasteiger partial charge in [-0.2, -0.15) is 0 Å². The number of anilines is 1. The second-order valence-corrected chi connectivity index (χ2v) is 5.31. The molecule has 0 saturated carbocycles. The number of nitrogens with one attached hydrogen (secondary N) is 1. The van der Waals surface area contributed by atoms with E-state index in [-0.39, 0.29) is 0 Å². The molecule has 0 atom stereocenters. The van der Waals surface area contributed by atoms with Crippen molar-refractivity contribution in [2.24, 2.45) is 0 Å². The first-order valence-electron chi connectivity index (χ1n) is 6.65. The Hall–Kier alpha value is -0.770. The van der Waals surface area contributed by atoms with E-state index in [9.17, 15) is 0 Å². The monoisotopic (exact) mass is 267 g/mol. The predicted molar refractivity (Wildman–Crippen MR) is 78.5 cm³/mol. The van der Waals surface area contributed by atoms with Crippen molar-refractivity contribution in [2.45, 2.75) is 6.42 Å². The SMILES string of the molecule is CN1CCCN(CCNc2ccccc2Cl)CC1. The Kier molecular flexibility index (Phi) is 5.29. The van der Waals surface area contributed by atoms with Gasteiger partial charge in [-0.1, -0.05) is 23.7 Å². The molecule has 0 unspecified atom stereocenters. The number of hydrogen-bond acceptors (Lipinski definition) is 3. The van der Waals surface area contributed by atoms with Gasteiger partial charge in [-0.05, 0) is 38.7 Å². The molecule has 0 aromatic heterocycles. The summed E-state index contributed by atoms with van der Waals surface area (Å²) in [4.78, 5) is 4.93. The molecule has 1 heterocycles. The molecule has 1 saturated heterocycles. The quantitative estimate of drug-likeness (QED) is 0.904. The molecule has 0 radical (unpaired) electrons. The highest BCUT2D eigenvalue weighted by Gasteiger charge is 2.11. The molecule has 0 amide bonds. The van der Waals surface area contributed by atoms with Crippen molar-refractivity contribution in [1.82, 2.24) is 9.80 Å². The van der Waals surface area contributed by atoms with E-state index in [2.05, 4.69) is 22.2 Å². The van der Waals surface area contributed by atoms with Crippen molar-refractivity contribution in [1.29, 1.82) is 0 Å². The van der Waals surface area contributed by atoms with Gasteiger partial charge in [0.15, 0.2) is 0 Å². The first kappa shape index (κ1) is 13.7. The van der Waals surface area contributed by atoms with E-state index in [1.165, 1.54) is 32.6 Å². The second kappa shape index (κ2) is 6.98. The first-order chi connectivity index (χ1) is 8.75. The summed E-state index contributed by atoms with van der Waals surface area (Å²) >= 11 is 6.11. The lowest BCUT2D eigenvalue weighted by atomic mass is 10.3. The van der Waals surface area contributed by atoms with Gasteiger partial charge in [0.1, 0.15) is 0 Å². The van der Waals surface area contributed by atoms with Crippen molar-refractivity contribution >= 4 is 17.3 Å². The molecular weight excluding hydrogens is 246 g/mol. The van der Waals surface area contributed by atoms with Gasteiger partial charge in [-0.3, -0.25) is 0 Å². The molecule has 1 aromatic carbocycles. The largest absolute Gasteiger partial charge is 0.383 e. The number of halogens is 1. The Morgan fingerprint density at radius 2 is 2.00 bits per heavy atom. The Morgan fingerprint density at radius 1 is 1.17 bits per heavy atom. The smallest absolute Gasteiger partial charge is 0.0637 e. The first-order valence-corrected chi connectivity index (χ1v) is 7.03. The molecule has 0 bridgehead atoms. The fraction of sp³-hybridized carbons (Fsp3) is 0.571. The van der Waals surface area contributed by atoms with Crippen LogP contribution in [0.15, 0.2) is 24.3 Å². The van der Waals surface area contributed by atoms with Crippen LogP contribution in [-0.2, 0) is 0 Å². The molecule has 1 fully saturated rings. The summed E-state index contributed by atoms with van der Waals surface area (Å²) < 4.78 is 0. The minimum atomic E-state index is 0.799. The van der Waals surface area contributed by atoms with Gasteiger partial charge < -0.3 is 15.1 Å². The van der Waals surface area contributed by atoms with Crippen molar-refractivity contribution in [3.05, 3.63) is 29.3 Å². The minimum Gasteiger partial charge on any atom is -0.383 e. The fourth-order valence-electron chi connectivity index (χ4n) is 2.28. The number of hydrogen-bond donors (Lipinski definition) is 1. The number of nitrogens with zero attached hydrogens (tertiary/aromatic N) is 2. The van der Waals surface area contributed by atoms with Crippen LogP contribution in [0.2, 0.25) is 5.02 Å². The molecule has 18 heavy (non-hydrogen) atoms. The fourth-order valence-corrected chi connectivity index (χ4v) is 2.48. The molecular formula is C14H22ClN3. The Labute approximate surface area is 115 Å². The van der Waals surface area contributed by atoms with Crippen LogP contribution in [0.4, 0.5) is 5.69 Å². The lowest BCUT2D eigenvalue weighted by Crippen LogP contribution is -2.32. The van der Waals surface area contributed by atoms with Gasteiger partial charge in [0, 0.05) is 26.2 Å². The molecule has 3 nitrogen and oxygen atoms in total. The third-order valence-corrected chi connectivity index (χ3v) is 3.76. The zero-order chi connectivity index (χ0) is 12.8. The molecule has 1 aliphatic rings. The molecule has 0 spiro atoms. The van der Waals surface area contributed by atoms with Crippen molar-refractivity contribution in [3.63, 3.8) is 0 Å². The number of benzene rings is 1. The van der Waals surface area contributed by atoms with Crippen molar-refractivity contribution < 1.29 is 0 Å². The van der Waals surface area contributed by atoms with Crippen molar-refractivity contribution in [2.75, 3.05) is 51.6 Å². The molecule has 1 aromatic rings. The summed E-state index contributed by atoms with van der Waals surface area (Å²) in [7, 11) is 2.20. The maximum atomic E-state index is 6.11. The van der Waals surface area contributed by atoms with Gasteiger partial charge >= 0.3 is 0 Å².